The van der Waals surface area contributed by atoms with Crippen LogP contribution in [0.4, 0.5) is 4.39 Å². The number of carbonyl (C=O) groups excluding carboxylic acids is 1. The first-order valence-corrected chi connectivity index (χ1v) is 7.36. The summed E-state index contributed by atoms with van der Waals surface area (Å²) in [5.74, 6) is -0.0600. The lowest BCUT2D eigenvalue weighted by molar-refractivity contribution is 0.0773. The van der Waals surface area contributed by atoms with Crippen molar-refractivity contribution in [2.75, 3.05) is 27.3 Å². The Labute approximate surface area is 139 Å². The van der Waals surface area contributed by atoms with Crippen molar-refractivity contribution in [3.05, 3.63) is 58.9 Å². The van der Waals surface area contributed by atoms with Crippen LogP contribution in [0.3, 0.4) is 0 Å². The van der Waals surface area contributed by atoms with E-state index < -0.39 is 5.82 Å². The minimum Gasteiger partial charge on any atom is -0.494 e. The Hall–Kier alpha value is -2.27. The number of likely N-dealkylation sites (N-methyl/N-ethyl adjacent to an activating group) is 1. The van der Waals surface area contributed by atoms with Gasteiger partial charge in [0, 0.05) is 17.6 Å². The SMILES string of the molecule is COc1cc(C(=O)N(C)CCOc2cccc(Cl)c2)ccc1F. The minimum absolute atomic E-state index is 0.0411. The van der Waals surface area contributed by atoms with Crippen LogP contribution in [0.5, 0.6) is 11.5 Å². The van der Waals surface area contributed by atoms with Crippen molar-refractivity contribution in [3.63, 3.8) is 0 Å². The van der Waals surface area contributed by atoms with Gasteiger partial charge in [-0.25, -0.2) is 4.39 Å². The number of benzene rings is 2. The summed E-state index contributed by atoms with van der Waals surface area (Å²) in [5, 5.41) is 0.588. The Bertz CT molecular complexity index is 693. The fourth-order valence-electron chi connectivity index (χ4n) is 1.97. The first kappa shape index (κ1) is 17.1. The molecule has 122 valence electrons. The Morgan fingerprint density at radius 1 is 1.26 bits per heavy atom. The van der Waals surface area contributed by atoms with Crippen molar-refractivity contribution < 1.29 is 18.7 Å². The van der Waals surface area contributed by atoms with Gasteiger partial charge in [0.15, 0.2) is 11.6 Å². The van der Waals surface area contributed by atoms with Crippen LogP contribution in [-0.4, -0.2) is 38.1 Å². The molecule has 0 saturated heterocycles. The van der Waals surface area contributed by atoms with Gasteiger partial charge < -0.3 is 14.4 Å². The van der Waals surface area contributed by atoms with Gasteiger partial charge in [0.25, 0.3) is 5.91 Å². The largest absolute Gasteiger partial charge is 0.494 e. The summed E-state index contributed by atoms with van der Waals surface area (Å²) in [6.45, 7) is 0.700. The number of methoxy groups -OCH3 is 1. The fraction of sp³-hybridized carbons (Fsp3) is 0.235. The third kappa shape index (κ3) is 4.60. The molecule has 4 nitrogen and oxygen atoms in total. The molecule has 0 bridgehead atoms. The summed E-state index contributed by atoms with van der Waals surface area (Å²) in [6, 6.07) is 11.1. The molecule has 0 N–H and O–H groups in total. The highest BCUT2D eigenvalue weighted by atomic mass is 35.5. The van der Waals surface area contributed by atoms with Gasteiger partial charge in [-0.05, 0) is 36.4 Å². The van der Waals surface area contributed by atoms with Crippen molar-refractivity contribution in [1.82, 2.24) is 4.90 Å². The van der Waals surface area contributed by atoms with Gasteiger partial charge in [-0.15, -0.1) is 0 Å². The van der Waals surface area contributed by atoms with Crippen LogP contribution < -0.4 is 9.47 Å². The number of hydrogen-bond donors (Lipinski definition) is 0. The smallest absolute Gasteiger partial charge is 0.253 e. The Balaban J connectivity index is 1.92. The minimum atomic E-state index is -0.504. The number of amides is 1. The lowest BCUT2D eigenvalue weighted by Crippen LogP contribution is -2.30. The van der Waals surface area contributed by atoms with E-state index in [9.17, 15) is 9.18 Å². The molecule has 0 atom stereocenters. The molecule has 1 amide bonds. The maximum absolute atomic E-state index is 13.4. The summed E-state index contributed by atoms with van der Waals surface area (Å²) < 4.78 is 23.8. The van der Waals surface area contributed by atoms with Crippen LogP contribution in [0.25, 0.3) is 0 Å². The van der Waals surface area contributed by atoms with E-state index in [0.29, 0.717) is 29.5 Å². The second-order valence-corrected chi connectivity index (χ2v) is 5.32. The predicted molar refractivity (Wildman–Crippen MR) is 86.9 cm³/mol. The van der Waals surface area contributed by atoms with E-state index in [1.165, 1.54) is 30.2 Å². The van der Waals surface area contributed by atoms with E-state index in [0.717, 1.165) is 0 Å². The van der Waals surface area contributed by atoms with E-state index in [2.05, 4.69) is 0 Å². The molecule has 0 radical (unpaired) electrons. The zero-order valence-electron chi connectivity index (χ0n) is 12.9. The molecule has 0 aromatic heterocycles. The lowest BCUT2D eigenvalue weighted by Gasteiger charge is -2.18. The molecule has 0 unspecified atom stereocenters. The first-order valence-electron chi connectivity index (χ1n) is 6.98. The van der Waals surface area contributed by atoms with Gasteiger partial charge in [-0.1, -0.05) is 17.7 Å². The van der Waals surface area contributed by atoms with Crippen molar-refractivity contribution in [2.24, 2.45) is 0 Å². The van der Waals surface area contributed by atoms with Crippen LogP contribution in [0.1, 0.15) is 10.4 Å². The number of halogens is 2. The van der Waals surface area contributed by atoms with Crippen molar-refractivity contribution in [1.29, 1.82) is 0 Å². The zero-order chi connectivity index (χ0) is 16.8. The maximum Gasteiger partial charge on any atom is 0.253 e. The second kappa shape index (κ2) is 7.83. The zero-order valence-corrected chi connectivity index (χ0v) is 13.6. The second-order valence-electron chi connectivity index (χ2n) is 4.88. The van der Waals surface area contributed by atoms with Crippen LogP contribution in [-0.2, 0) is 0 Å². The van der Waals surface area contributed by atoms with E-state index in [1.807, 2.05) is 0 Å². The summed E-state index contributed by atoms with van der Waals surface area (Å²) in [4.78, 5) is 13.8. The average molecular weight is 338 g/mol. The van der Waals surface area contributed by atoms with E-state index in [4.69, 9.17) is 21.1 Å². The average Bonchev–Trinajstić information content (AvgIpc) is 2.54. The standard InChI is InChI=1S/C17H17ClFNO3/c1-20(8-9-23-14-5-3-4-13(18)11-14)17(21)12-6-7-15(19)16(10-12)22-2/h3-7,10-11H,8-9H2,1-2H3. The summed E-state index contributed by atoms with van der Waals surface area (Å²) in [6.07, 6.45) is 0. The fourth-order valence-corrected chi connectivity index (χ4v) is 2.15. The van der Waals surface area contributed by atoms with Crippen molar-refractivity contribution >= 4 is 17.5 Å². The Morgan fingerprint density at radius 3 is 2.74 bits per heavy atom. The molecule has 0 aliphatic carbocycles. The summed E-state index contributed by atoms with van der Waals surface area (Å²) in [7, 11) is 3.01. The predicted octanol–water partition coefficient (Wildman–Crippen LogP) is 3.64. The molecule has 23 heavy (non-hydrogen) atoms. The topological polar surface area (TPSA) is 38.8 Å². The molecule has 0 spiro atoms. The highest BCUT2D eigenvalue weighted by Crippen LogP contribution is 2.19. The molecule has 0 fully saturated rings. The number of hydrogen-bond acceptors (Lipinski definition) is 3. The van der Waals surface area contributed by atoms with Gasteiger partial charge >= 0.3 is 0 Å². The van der Waals surface area contributed by atoms with Gasteiger partial charge in [0.05, 0.1) is 13.7 Å². The molecule has 2 rings (SSSR count). The van der Waals surface area contributed by atoms with Gasteiger partial charge in [0.2, 0.25) is 0 Å². The molecular weight excluding hydrogens is 321 g/mol. The molecule has 0 heterocycles. The molecule has 0 aliphatic rings. The normalized spacial score (nSPS) is 10.3. The Kier molecular flexibility index (Phi) is 5.82. The molecule has 0 aliphatic heterocycles. The van der Waals surface area contributed by atoms with Gasteiger partial charge in [0.1, 0.15) is 12.4 Å². The number of carbonyl (C=O) groups is 1. The van der Waals surface area contributed by atoms with E-state index >= 15 is 0 Å². The quantitative estimate of drug-likeness (QED) is 0.807. The lowest BCUT2D eigenvalue weighted by atomic mass is 10.2. The molecule has 2 aromatic carbocycles. The molecular formula is C17H17ClFNO3. The molecule has 0 saturated carbocycles. The van der Waals surface area contributed by atoms with Crippen molar-refractivity contribution in [2.45, 2.75) is 0 Å². The number of rotatable bonds is 6. The van der Waals surface area contributed by atoms with Crippen LogP contribution >= 0.6 is 11.6 Å². The van der Waals surface area contributed by atoms with Crippen LogP contribution in [0, 0.1) is 5.82 Å². The third-order valence-corrected chi connectivity index (χ3v) is 3.47. The van der Waals surface area contributed by atoms with E-state index in [1.54, 1.807) is 31.3 Å². The summed E-state index contributed by atoms with van der Waals surface area (Å²) >= 11 is 5.87. The van der Waals surface area contributed by atoms with Crippen LogP contribution in [0.2, 0.25) is 5.02 Å². The van der Waals surface area contributed by atoms with Gasteiger partial charge in [-0.3, -0.25) is 4.79 Å². The number of ether oxygens (including phenoxy) is 2. The molecule has 6 heteroatoms. The number of nitrogens with zero attached hydrogens (tertiary/aromatic N) is 1. The molecule has 2 aromatic rings. The van der Waals surface area contributed by atoms with Crippen molar-refractivity contribution in [3.8, 4) is 11.5 Å². The monoisotopic (exact) mass is 337 g/mol. The third-order valence-electron chi connectivity index (χ3n) is 3.24. The Morgan fingerprint density at radius 2 is 2.04 bits per heavy atom. The highest BCUT2D eigenvalue weighted by molar-refractivity contribution is 6.30. The summed E-state index contributed by atoms with van der Waals surface area (Å²) in [5.41, 5.74) is 0.355. The van der Waals surface area contributed by atoms with Crippen LogP contribution in [0.15, 0.2) is 42.5 Å². The first-order chi connectivity index (χ1) is 11.0. The van der Waals surface area contributed by atoms with Gasteiger partial charge in [-0.2, -0.15) is 0 Å². The van der Waals surface area contributed by atoms with E-state index in [-0.39, 0.29) is 11.7 Å². The maximum atomic E-state index is 13.4. The highest BCUT2D eigenvalue weighted by Gasteiger charge is 2.14.